The zero-order valence-corrected chi connectivity index (χ0v) is 12.8. The highest BCUT2D eigenvalue weighted by molar-refractivity contribution is 6.08. The second-order valence-corrected chi connectivity index (χ2v) is 5.79. The summed E-state index contributed by atoms with van der Waals surface area (Å²) < 4.78 is 2.42. The Morgan fingerprint density at radius 3 is 1.68 bits per heavy atom. The van der Waals surface area contributed by atoms with Crippen LogP contribution < -0.4 is 0 Å². The van der Waals surface area contributed by atoms with Crippen LogP contribution in [0.25, 0.3) is 21.8 Å². The molecule has 0 saturated carbocycles. The molecule has 0 atom stereocenters. The molecule has 0 spiro atoms. The van der Waals surface area contributed by atoms with Crippen molar-refractivity contribution in [1.82, 2.24) is 4.57 Å². The molecule has 1 heterocycles. The number of hydrogen-bond acceptors (Lipinski definition) is 0. The van der Waals surface area contributed by atoms with Crippen LogP contribution in [0.2, 0.25) is 0 Å². The Kier molecular flexibility index (Phi) is 3.19. The third-order valence-corrected chi connectivity index (χ3v) is 4.45. The topological polar surface area (TPSA) is 4.93 Å². The summed E-state index contributed by atoms with van der Waals surface area (Å²) in [5, 5.41) is 2.67. The van der Waals surface area contributed by atoms with Crippen molar-refractivity contribution in [3.63, 3.8) is 0 Å². The summed E-state index contributed by atoms with van der Waals surface area (Å²) in [4.78, 5) is 0. The fraction of sp³-hybridized carbons (Fsp3) is 0.143. The molecule has 3 aromatic carbocycles. The molecule has 4 rings (SSSR count). The van der Waals surface area contributed by atoms with Gasteiger partial charge in [0.1, 0.15) is 0 Å². The van der Waals surface area contributed by atoms with Gasteiger partial charge in [-0.2, -0.15) is 0 Å². The predicted molar refractivity (Wildman–Crippen MR) is 94.4 cm³/mol. The molecule has 4 aromatic rings. The molecular weight excluding hydrogens is 266 g/mol. The SMILES string of the molecule is CCc1ccc(Cn2c3ccccc3c3ccccc32)cc1. The molecule has 0 fully saturated rings. The first-order valence-electron chi connectivity index (χ1n) is 7.90. The van der Waals surface area contributed by atoms with Gasteiger partial charge in [0.25, 0.3) is 0 Å². The van der Waals surface area contributed by atoms with Crippen LogP contribution in [0.5, 0.6) is 0 Å². The molecule has 0 bridgehead atoms. The minimum atomic E-state index is 0.915. The fourth-order valence-electron chi connectivity index (χ4n) is 3.24. The minimum absolute atomic E-state index is 0.915. The van der Waals surface area contributed by atoms with Crippen LogP contribution in [-0.4, -0.2) is 4.57 Å². The van der Waals surface area contributed by atoms with E-state index >= 15 is 0 Å². The number of para-hydroxylation sites is 2. The average molecular weight is 285 g/mol. The van der Waals surface area contributed by atoms with Crippen LogP contribution in [-0.2, 0) is 13.0 Å². The summed E-state index contributed by atoms with van der Waals surface area (Å²) in [7, 11) is 0. The average Bonchev–Trinajstić information content (AvgIpc) is 2.90. The highest BCUT2D eigenvalue weighted by Crippen LogP contribution is 2.29. The van der Waals surface area contributed by atoms with E-state index < -0.39 is 0 Å². The van der Waals surface area contributed by atoms with Crippen LogP contribution in [0.1, 0.15) is 18.1 Å². The van der Waals surface area contributed by atoms with E-state index in [4.69, 9.17) is 0 Å². The van der Waals surface area contributed by atoms with E-state index in [0.29, 0.717) is 0 Å². The number of rotatable bonds is 3. The van der Waals surface area contributed by atoms with Crippen LogP contribution in [0, 0.1) is 0 Å². The quantitative estimate of drug-likeness (QED) is 0.474. The number of nitrogens with zero attached hydrogens (tertiary/aromatic N) is 1. The fourth-order valence-corrected chi connectivity index (χ4v) is 3.24. The summed E-state index contributed by atoms with van der Waals surface area (Å²) >= 11 is 0. The van der Waals surface area contributed by atoms with Gasteiger partial charge in [-0.25, -0.2) is 0 Å². The van der Waals surface area contributed by atoms with Gasteiger partial charge in [-0.3, -0.25) is 0 Å². The molecule has 0 amide bonds. The number of benzene rings is 3. The van der Waals surface area contributed by atoms with E-state index in [1.165, 1.54) is 32.9 Å². The maximum Gasteiger partial charge on any atom is 0.0494 e. The zero-order valence-electron chi connectivity index (χ0n) is 12.8. The summed E-state index contributed by atoms with van der Waals surface area (Å²) in [5.41, 5.74) is 5.36. The molecule has 0 radical (unpaired) electrons. The van der Waals surface area contributed by atoms with Gasteiger partial charge < -0.3 is 4.57 Å². The molecule has 0 aliphatic carbocycles. The maximum atomic E-state index is 2.42. The van der Waals surface area contributed by atoms with Crippen molar-refractivity contribution in [3.05, 3.63) is 83.9 Å². The van der Waals surface area contributed by atoms with Crippen molar-refractivity contribution in [3.8, 4) is 0 Å². The standard InChI is InChI=1S/C21H19N/c1-2-16-11-13-17(14-12-16)15-22-20-9-5-3-7-18(20)19-8-4-6-10-21(19)22/h3-14H,2,15H2,1H3. The molecule has 1 nitrogen and oxygen atoms in total. The van der Waals surface area contributed by atoms with Gasteiger partial charge in [-0.15, -0.1) is 0 Å². The number of aryl methyl sites for hydroxylation is 1. The second kappa shape index (κ2) is 5.34. The number of aromatic nitrogens is 1. The van der Waals surface area contributed by atoms with Gasteiger partial charge in [0.15, 0.2) is 0 Å². The Labute approximate surface area is 130 Å². The van der Waals surface area contributed by atoms with Gasteiger partial charge in [-0.05, 0) is 29.7 Å². The highest BCUT2D eigenvalue weighted by atomic mass is 15.0. The zero-order chi connectivity index (χ0) is 14.9. The molecule has 0 unspecified atom stereocenters. The van der Waals surface area contributed by atoms with E-state index in [1.807, 2.05) is 0 Å². The Balaban J connectivity index is 1.88. The molecule has 108 valence electrons. The molecule has 0 aliphatic rings. The first kappa shape index (κ1) is 13.1. The van der Waals surface area contributed by atoms with Gasteiger partial charge in [0.2, 0.25) is 0 Å². The lowest BCUT2D eigenvalue weighted by molar-refractivity contribution is 0.867. The first-order valence-corrected chi connectivity index (χ1v) is 7.90. The van der Waals surface area contributed by atoms with E-state index in [9.17, 15) is 0 Å². The third kappa shape index (κ3) is 2.10. The summed E-state index contributed by atoms with van der Waals surface area (Å²) in [6.45, 7) is 3.11. The van der Waals surface area contributed by atoms with Crippen LogP contribution in [0.15, 0.2) is 72.8 Å². The number of hydrogen-bond donors (Lipinski definition) is 0. The molecule has 22 heavy (non-hydrogen) atoms. The largest absolute Gasteiger partial charge is 0.336 e. The van der Waals surface area contributed by atoms with Crippen molar-refractivity contribution < 1.29 is 0 Å². The lowest BCUT2D eigenvalue weighted by Crippen LogP contribution is -1.99. The summed E-state index contributed by atoms with van der Waals surface area (Å²) in [6, 6.07) is 26.3. The molecule has 1 heteroatoms. The Morgan fingerprint density at radius 2 is 1.14 bits per heavy atom. The van der Waals surface area contributed by atoms with Crippen molar-refractivity contribution in [2.45, 2.75) is 19.9 Å². The van der Waals surface area contributed by atoms with Gasteiger partial charge in [0, 0.05) is 28.4 Å². The first-order chi connectivity index (χ1) is 10.9. The molecule has 0 N–H and O–H groups in total. The molecule has 0 saturated heterocycles. The van der Waals surface area contributed by atoms with E-state index in [-0.39, 0.29) is 0 Å². The van der Waals surface area contributed by atoms with E-state index in [0.717, 1.165) is 13.0 Å². The van der Waals surface area contributed by atoms with Gasteiger partial charge >= 0.3 is 0 Å². The maximum absolute atomic E-state index is 2.42. The predicted octanol–water partition coefficient (Wildman–Crippen LogP) is 5.41. The normalized spacial score (nSPS) is 11.3. The highest BCUT2D eigenvalue weighted by Gasteiger charge is 2.09. The van der Waals surface area contributed by atoms with Gasteiger partial charge in [0.05, 0.1) is 0 Å². The summed E-state index contributed by atoms with van der Waals surface area (Å²) in [6.07, 6.45) is 1.09. The van der Waals surface area contributed by atoms with Crippen molar-refractivity contribution in [2.75, 3.05) is 0 Å². The van der Waals surface area contributed by atoms with Crippen molar-refractivity contribution in [1.29, 1.82) is 0 Å². The van der Waals surface area contributed by atoms with E-state index in [1.54, 1.807) is 0 Å². The van der Waals surface area contributed by atoms with E-state index in [2.05, 4.69) is 84.3 Å². The second-order valence-electron chi connectivity index (χ2n) is 5.79. The Morgan fingerprint density at radius 1 is 0.636 bits per heavy atom. The molecule has 1 aromatic heterocycles. The Bertz CT molecular complexity index is 876. The van der Waals surface area contributed by atoms with Crippen molar-refractivity contribution in [2.24, 2.45) is 0 Å². The van der Waals surface area contributed by atoms with Crippen LogP contribution >= 0.6 is 0 Å². The lowest BCUT2D eigenvalue weighted by Gasteiger charge is -2.08. The monoisotopic (exact) mass is 285 g/mol. The Hall–Kier alpha value is -2.54. The molecular formula is C21H19N. The third-order valence-electron chi connectivity index (χ3n) is 4.45. The minimum Gasteiger partial charge on any atom is -0.336 e. The smallest absolute Gasteiger partial charge is 0.0494 e. The van der Waals surface area contributed by atoms with Crippen LogP contribution in [0.4, 0.5) is 0 Å². The van der Waals surface area contributed by atoms with Crippen molar-refractivity contribution >= 4 is 21.8 Å². The van der Waals surface area contributed by atoms with Crippen LogP contribution in [0.3, 0.4) is 0 Å². The lowest BCUT2D eigenvalue weighted by atomic mass is 10.1. The summed E-state index contributed by atoms with van der Waals surface area (Å²) in [5.74, 6) is 0. The molecule has 0 aliphatic heterocycles. The number of fused-ring (bicyclic) bond motifs is 3. The van der Waals surface area contributed by atoms with Gasteiger partial charge in [-0.1, -0.05) is 67.6 Å².